The monoisotopic (exact) mass is 488 g/mol. The number of likely N-dealkylation sites (tertiary alicyclic amines) is 1. The van der Waals surface area contributed by atoms with Gasteiger partial charge in [-0.1, -0.05) is 23.2 Å². The van der Waals surface area contributed by atoms with Gasteiger partial charge in [0.05, 0.1) is 17.8 Å². The van der Waals surface area contributed by atoms with E-state index in [1.54, 1.807) is 10.6 Å². The van der Waals surface area contributed by atoms with E-state index in [0.29, 0.717) is 40.4 Å². The van der Waals surface area contributed by atoms with Crippen LogP contribution in [0.25, 0.3) is 5.69 Å². The number of benzene rings is 2. The molecule has 1 aliphatic heterocycles. The summed E-state index contributed by atoms with van der Waals surface area (Å²) in [5.41, 5.74) is 2.54. The van der Waals surface area contributed by atoms with Crippen molar-refractivity contribution in [3.63, 3.8) is 0 Å². The Bertz CT molecular complexity index is 1240. The van der Waals surface area contributed by atoms with E-state index < -0.39 is 0 Å². The molecule has 1 aromatic heterocycles. The Morgan fingerprint density at radius 3 is 2.61 bits per heavy atom. The SMILES string of the molecule is CCn1c(C)nn(-c2ccc(O[C@H]3c4cc(Cl)cc(Cl)c4C[C@H]3N3CC[C@@H](O)C3)cc2)c1=O. The van der Waals surface area contributed by atoms with Crippen LogP contribution in [0.2, 0.25) is 10.0 Å². The average molecular weight is 489 g/mol. The average Bonchev–Trinajstić information content (AvgIpc) is 3.45. The Morgan fingerprint density at radius 1 is 1.21 bits per heavy atom. The van der Waals surface area contributed by atoms with E-state index in [9.17, 15) is 9.90 Å². The molecule has 2 heterocycles. The number of nitrogens with zero attached hydrogens (tertiary/aromatic N) is 4. The summed E-state index contributed by atoms with van der Waals surface area (Å²) in [6.07, 6.45) is 0.902. The van der Waals surface area contributed by atoms with Crippen LogP contribution in [0, 0.1) is 6.92 Å². The summed E-state index contributed by atoms with van der Waals surface area (Å²) in [5.74, 6) is 1.35. The van der Waals surface area contributed by atoms with E-state index >= 15 is 0 Å². The lowest BCUT2D eigenvalue weighted by molar-refractivity contribution is 0.0818. The molecule has 1 aliphatic carbocycles. The first-order valence-electron chi connectivity index (χ1n) is 11.2. The third-order valence-corrected chi connectivity index (χ3v) is 7.19. The van der Waals surface area contributed by atoms with E-state index in [1.807, 2.05) is 44.2 Å². The Morgan fingerprint density at radius 2 is 1.97 bits per heavy atom. The minimum Gasteiger partial charge on any atom is -0.484 e. The summed E-state index contributed by atoms with van der Waals surface area (Å²) < 4.78 is 9.52. The van der Waals surface area contributed by atoms with E-state index in [2.05, 4.69) is 10.00 Å². The van der Waals surface area contributed by atoms with Crippen LogP contribution < -0.4 is 10.4 Å². The van der Waals surface area contributed by atoms with Gasteiger partial charge in [0.15, 0.2) is 0 Å². The largest absolute Gasteiger partial charge is 0.484 e. The lowest BCUT2D eigenvalue weighted by Gasteiger charge is -2.30. The summed E-state index contributed by atoms with van der Waals surface area (Å²) in [7, 11) is 0. The molecule has 1 fully saturated rings. The first kappa shape index (κ1) is 22.5. The van der Waals surface area contributed by atoms with Crippen LogP contribution in [0.15, 0.2) is 41.2 Å². The molecule has 174 valence electrons. The van der Waals surface area contributed by atoms with Gasteiger partial charge in [0.2, 0.25) is 0 Å². The fourth-order valence-electron chi connectivity index (χ4n) is 4.99. The number of rotatable bonds is 5. The van der Waals surface area contributed by atoms with Gasteiger partial charge in [-0.2, -0.15) is 9.78 Å². The maximum atomic E-state index is 12.6. The number of halogens is 2. The molecule has 1 N–H and O–H groups in total. The lowest BCUT2D eigenvalue weighted by atomic mass is 10.1. The summed E-state index contributed by atoms with van der Waals surface area (Å²) >= 11 is 12.8. The van der Waals surface area contributed by atoms with E-state index in [4.69, 9.17) is 27.9 Å². The van der Waals surface area contributed by atoms with Gasteiger partial charge in [0, 0.05) is 35.2 Å². The highest BCUT2D eigenvalue weighted by Gasteiger charge is 2.41. The maximum absolute atomic E-state index is 12.6. The van der Waals surface area contributed by atoms with Crippen LogP contribution >= 0.6 is 23.2 Å². The molecule has 3 atom stereocenters. The highest BCUT2D eigenvalue weighted by molar-refractivity contribution is 6.35. The van der Waals surface area contributed by atoms with Crippen LogP contribution in [0.4, 0.5) is 0 Å². The normalized spacial score (nSPS) is 22.6. The van der Waals surface area contributed by atoms with Crippen molar-refractivity contribution in [3.05, 3.63) is 73.9 Å². The summed E-state index contributed by atoms with van der Waals surface area (Å²) in [6, 6.07) is 11.1. The van der Waals surface area contributed by atoms with Crippen molar-refractivity contribution < 1.29 is 9.84 Å². The van der Waals surface area contributed by atoms with E-state index in [-0.39, 0.29) is 23.9 Å². The molecule has 9 heteroatoms. The number of aromatic nitrogens is 3. The maximum Gasteiger partial charge on any atom is 0.350 e. The molecule has 0 spiro atoms. The van der Waals surface area contributed by atoms with Crippen molar-refractivity contribution in [2.24, 2.45) is 0 Å². The molecule has 1 saturated heterocycles. The third-order valence-electron chi connectivity index (χ3n) is 6.64. The van der Waals surface area contributed by atoms with Crippen LogP contribution in [0.3, 0.4) is 0 Å². The lowest BCUT2D eigenvalue weighted by Crippen LogP contribution is -2.39. The van der Waals surface area contributed by atoms with Gasteiger partial charge in [-0.05, 0) is 68.7 Å². The molecule has 0 radical (unpaired) electrons. The van der Waals surface area contributed by atoms with Crippen LogP contribution in [0.1, 0.15) is 36.4 Å². The molecule has 3 aromatic rings. The predicted molar refractivity (Wildman–Crippen MR) is 128 cm³/mol. The number of fused-ring (bicyclic) bond motifs is 1. The Hall–Kier alpha value is -2.32. The Balaban J connectivity index is 1.45. The van der Waals surface area contributed by atoms with Gasteiger partial charge in [0.25, 0.3) is 0 Å². The van der Waals surface area contributed by atoms with Gasteiger partial charge in [-0.3, -0.25) is 9.47 Å². The molecule has 33 heavy (non-hydrogen) atoms. The number of hydrogen-bond donors (Lipinski definition) is 1. The Labute approximate surface area is 202 Å². The quantitative estimate of drug-likeness (QED) is 0.591. The van der Waals surface area contributed by atoms with Crippen LogP contribution in [-0.2, 0) is 13.0 Å². The predicted octanol–water partition coefficient (Wildman–Crippen LogP) is 3.78. The van der Waals surface area contributed by atoms with Gasteiger partial charge < -0.3 is 9.84 Å². The highest BCUT2D eigenvalue weighted by Crippen LogP contribution is 2.43. The molecule has 2 aliphatic rings. The smallest absolute Gasteiger partial charge is 0.350 e. The second kappa shape index (κ2) is 8.80. The van der Waals surface area contributed by atoms with Crippen molar-refractivity contribution in [2.45, 2.75) is 51.5 Å². The number of β-amino-alcohol motifs (C(OH)–C–C–N with tert-alkyl or cyclic N) is 1. The zero-order valence-electron chi connectivity index (χ0n) is 18.5. The van der Waals surface area contributed by atoms with Gasteiger partial charge >= 0.3 is 5.69 Å². The fraction of sp³-hybridized carbons (Fsp3) is 0.417. The molecule has 0 unspecified atom stereocenters. The first-order chi connectivity index (χ1) is 15.9. The van der Waals surface area contributed by atoms with Crippen LogP contribution in [0.5, 0.6) is 5.75 Å². The number of hydrogen-bond acceptors (Lipinski definition) is 5. The van der Waals surface area contributed by atoms with Crippen molar-refractivity contribution in [1.29, 1.82) is 0 Å². The van der Waals surface area contributed by atoms with Gasteiger partial charge in [-0.15, -0.1) is 0 Å². The molecule has 0 amide bonds. The van der Waals surface area contributed by atoms with Crippen molar-refractivity contribution in [1.82, 2.24) is 19.2 Å². The van der Waals surface area contributed by atoms with Gasteiger partial charge in [-0.25, -0.2) is 4.79 Å². The minimum atomic E-state index is -0.322. The summed E-state index contributed by atoms with van der Waals surface area (Å²) in [4.78, 5) is 14.9. The highest BCUT2D eigenvalue weighted by atomic mass is 35.5. The fourth-order valence-corrected chi connectivity index (χ4v) is 5.57. The summed E-state index contributed by atoms with van der Waals surface area (Å²) in [6.45, 7) is 5.75. The molecule has 5 rings (SSSR count). The van der Waals surface area contributed by atoms with Gasteiger partial charge in [0.1, 0.15) is 17.7 Å². The number of aliphatic hydroxyl groups is 1. The minimum absolute atomic E-state index is 0.0540. The second-order valence-electron chi connectivity index (χ2n) is 8.68. The van der Waals surface area contributed by atoms with E-state index in [0.717, 1.165) is 30.5 Å². The molecule has 0 bridgehead atoms. The first-order valence-corrected chi connectivity index (χ1v) is 11.9. The van der Waals surface area contributed by atoms with Crippen molar-refractivity contribution >= 4 is 23.2 Å². The van der Waals surface area contributed by atoms with Crippen molar-refractivity contribution in [2.75, 3.05) is 13.1 Å². The molecule has 2 aromatic carbocycles. The zero-order chi connectivity index (χ0) is 23.3. The number of aryl methyl sites for hydroxylation is 1. The number of ether oxygens (including phenoxy) is 1. The van der Waals surface area contributed by atoms with Crippen LogP contribution in [-0.4, -0.2) is 49.6 Å². The third kappa shape index (κ3) is 4.08. The molecular weight excluding hydrogens is 463 g/mol. The molecule has 7 nitrogen and oxygen atoms in total. The second-order valence-corrected chi connectivity index (χ2v) is 9.53. The molecular formula is C24H26Cl2N4O3. The topological polar surface area (TPSA) is 72.5 Å². The van der Waals surface area contributed by atoms with E-state index in [1.165, 1.54) is 4.68 Å². The Kier molecular flexibility index (Phi) is 5.99. The van der Waals surface area contributed by atoms with Crippen molar-refractivity contribution in [3.8, 4) is 11.4 Å². The molecule has 0 saturated carbocycles. The summed E-state index contributed by atoms with van der Waals surface area (Å²) in [5, 5.41) is 15.7. The zero-order valence-corrected chi connectivity index (χ0v) is 20.1. The standard InChI is InChI=1S/C24H26Cl2N4O3/c1-3-29-14(2)27-30(24(29)32)16-4-6-18(7-5-16)33-23-20-10-15(25)11-21(26)19(20)12-22(23)28-9-8-17(31)13-28/h4-7,10-11,17,22-23,31H,3,8-9,12-13H2,1-2H3/t17-,22-,23+/m1/s1. The number of aliphatic hydroxyl groups excluding tert-OH is 1.